The lowest BCUT2D eigenvalue weighted by Crippen LogP contribution is -2.32. The molecule has 0 unspecified atom stereocenters. The molecule has 2 N–H and O–H groups in total. The van der Waals surface area contributed by atoms with Crippen molar-refractivity contribution in [2.75, 3.05) is 44.2 Å². The van der Waals surface area contributed by atoms with Crippen molar-refractivity contribution in [3.05, 3.63) is 57.9 Å². The number of aromatic nitrogens is 4. The monoisotopic (exact) mass is 496 g/mol. The maximum atomic E-state index is 13.5. The SMILES string of the molecule is Cc1ccc(S(=O)(=O)c2n[nH]n3c2nc(=O)c2ccc(N4CCCN(CCO)CC4)cc23)c(C)c1. The van der Waals surface area contributed by atoms with Crippen LogP contribution < -0.4 is 10.5 Å². The standard InChI is InChI=1S/C24H28N6O4S/c1-16-4-7-21(17(2)14-16)35(33,34)24-22-25-23(32)19-6-5-18(15-20(19)30(22)27-26-24)29-9-3-8-28(10-11-29)12-13-31/h4-7,14-15,27,31H,3,8-13H2,1-2H3. The van der Waals surface area contributed by atoms with E-state index in [9.17, 15) is 18.3 Å². The molecule has 0 saturated carbocycles. The Hall–Kier alpha value is -3.28. The first-order valence-electron chi connectivity index (χ1n) is 11.6. The van der Waals surface area contributed by atoms with Crippen LogP contribution in [0.3, 0.4) is 0 Å². The van der Waals surface area contributed by atoms with Crippen LogP contribution in [-0.2, 0) is 9.84 Å². The van der Waals surface area contributed by atoms with Crippen molar-refractivity contribution in [2.45, 2.75) is 30.2 Å². The van der Waals surface area contributed by atoms with Crippen LogP contribution >= 0.6 is 0 Å². The van der Waals surface area contributed by atoms with Crippen molar-refractivity contribution in [2.24, 2.45) is 0 Å². The summed E-state index contributed by atoms with van der Waals surface area (Å²) in [6, 6.07) is 10.6. The Kier molecular flexibility index (Phi) is 6.07. The van der Waals surface area contributed by atoms with E-state index < -0.39 is 15.4 Å². The largest absolute Gasteiger partial charge is 0.395 e. The topological polar surface area (TPSA) is 124 Å². The zero-order chi connectivity index (χ0) is 24.7. The zero-order valence-electron chi connectivity index (χ0n) is 19.7. The molecule has 0 amide bonds. The molecule has 0 atom stereocenters. The lowest BCUT2D eigenvalue weighted by molar-refractivity contribution is 0.204. The fourth-order valence-corrected chi connectivity index (χ4v) is 6.25. The number of rotatable bonds is 5. The van der Waals surface area contributed by atoms with Gasteiger partial charge in [0.05, 0.1) is 22.4 Å². The summed E-state index contributed by atoms with van der Waals surface area (Å²) in [5.41, 5.74) is 2.47. The van der Waals surface area contributed by atoms with Gasteiger partial charge in [-0.2, -0.15) is 4.98 Å². The second kappa shape index (κ2) is 9.06. The molecule has 1 saturated heterocycles. The second-order valence-corrected chi connectivity index (χ2v) is 10.8. The summed E-state index contributed by atoms with van der Waals surface area (Å²) in [6.07, 6.45) is 0.950. The van der Waals surface area contributed by atoms with Crippen molar-refractivity contribution in [1.82, 2.24) is 24.7 Å². The average molecular weight is 497 g/mol. The quantitative estimate of drug-likeness (QED) is 0.426. The highest BCUT2D eigenvalue weighted by Gasteiger charge is 2.28. The van der Waals surface area contributed by atoms with Crippen molar-refractivity contribution in [1.29, 1.82) is 0 Å². The Balaban J connectivity index is 1.60. The Labute approximate surface area is 202 Å². The molecule has 2 aromatic carbocycles. The van der Waals surface area contributed by atoms with Crippen LogP contribution in [0.25, 0.3) is 16.6 Å². The third-order valence-electron chi connectivity index (χ3n) is 6.56. The molecule has 1 aliphatic heterocycles. The van der Waals surface area contributed by atoms with Gasteiger partial charge in [0.25, 0.3) is 5.56 Å². The molecule has 0 aliphatic carbocycles. The van der Waals surface area contributed by atoms with Crippen molar-refractivity contribution in [3.63, 3.8) is 0 Å². The number of hydrogen-bond acceptors (Lipinski definition) is 8. The highest BCUT2D eigenvalue weighted by atomic mass is 32.2. The number of nitrogens with one attached hydrogen (secondary N) is 1. The summed E-state index contributed by atoms with van der Waals surface area (Å²) in [4.78, 5) is 21.6. The van der Waals surface area contributed by atoms with Crippen LogP contribution in [0.4, 0.5) is 5.69 Å². The van der Waals surface area contributed by atoms with E-state index in [0.717, 1.165) is 43.9 Å². The Morgan fingerprint density at radius 3 is 2.66 bits per heavy atom. The number of aromatic amines is 1. The van der Waals surface area contributed by atoms with Crippen molar-refractivity contribution >= 4 is 32.1 Å². The Morgan fingerprint density at radius 2 is 1.89 bits per heavy atom. The molecule has 0 bridgehead atoms. The third kappa shape index (κ3) is 4.19. The number of aliphatic hydroxyl groups excluding tert-OH is 1. The van der Waals surface area contributed by atoms with E-state index in [4.69, 9.17) is 0 Å². The van der Waals surface area contributed by atoms with E-state index in [1.807, 2.05) is 19.1 Å². The second-order valence-electron chi connectivity index (χ2n) is 8.97. The molecule has 11 heteroatoms. The molecular formula is C24H28N6O4S. The summed E-state index contributed by atoms with van der Waals surface area (Å²) in [7, 11) is -4.00. The van der Waals surface area contributed by atoms with Crippen molar-refractivity contribution in [3.8, 4) is 0 Å². The molecule has 10 nitrogen and oxygen atoms in total. The van der Waals surface area contributed by atoms with Crippen LogP contribution in [0.1, 0.15) is 17.5 Å². The number of sulfone groups is 1. The smallest absolute Gasteiger partial charge is 0.281 e. The number of H-pyrrole nitrogens is 1. The number of β-amino-alcohol motifs (C(OH)–C–C–N with tert-alkyl or cyclic N) is 1. The number of aliphatic hydroxyl groups is 1. The van der Waals surface area contributed by atoms with Gasteiger partial charge in [-0.05, 0) is 56.6 Å². The molecule has 0 spiro atoms. The molecular weight excluding hydrogens is 468 g/mol. The lowest BCUT2D eigenvalue weighted by Gasteiger charge is -2.23. The number of benzene rings is 2. The maximum absolute atomic E-state index is 13.5. The summed E-state index contributed by atoms with van der Waals surface area (Å²) in [6.45, 7) is 7.78. The molecule has 1 fully saturated rings. The highest BCUT2D eigenvalue weighted by molar-refractivity contribution is 7.91. The Morgan fingerprint density at radius 1 is 1.06 bits per heavy atom. The van der Waals surface area contributed by atoms with Crippen molar-refractivity contribution < 1.29 is 13.5 Å². The number of anilines is 1. The lowest BCUT2D eigenvalue weighted by atomic mass is 10.2. The minimum Gasteiger partial charge on any atom is -0.395 e. The number of nitrogens with zero attached hydrogens (tertiary/aromatic N) is 5. The fraction of sp³-hybridized carbons (Fsp3) is 0.375. The van der Waals surface area contributed by atoms with Gasteiger partial charge in [0.15, 0.2) is 5.65 Å². The normalized spacial score (nSPS) is 15.7. The first-order valence-corrected chi connectivity index (χ1v) is 13.1. The van der Waals surface area contributed by atoms with E-state index in [2.05, 4.69) is 25.1 Å². The summed E-state index contributed by atoms with van der Waals surface area (Å²) >= 11 is 0. The van der Waals surface area contributed by atoms with Gasteiger partial charge in [0.1, 0.15) is 0 Å². The van der Waals surface area contributed by atoms with Crippen LogP contribution in [0.2, 0.25) is 0 Å². The minimum atomic E-state index is -4.00. The van der Waals surface area contributed by atoms with Gasteiger partial charge in [0, 0.05) is 31.9 Å². The first-order chi connectivity index (χ1) is 16.8. The summed E-state index contributed by atoms with van der Waals surface area (Å²) in [5.74, 6) is 0. The number of hydrogen-bond donors (Lipinski definition) is 2. The van der Waals surface area contributed by atoms with Gasteiger partial charge in [-0.3, -0.25) is 9.69 Å². The maximum Gasteiger partial charge on any atom is 0.281 e. The molecule has 5 rings (SSSR count). The average Bonchev–Trinajstić information content (AvgIpc) is 3.11. The van der Waals surface area contributed by atoms with Gasteiger partial charge in [-0.15, -0.1) is 5.10 Å². The molecule has 184 valence electrons. The molecule has 35 heavy (non-hydrogen) atoms. The summed E-state index contributed by atoms with van der Waals surface area (Å²) < 4.78 is 28.4. The molecule has 4 aromatic rings. The fourth-order valence-electron chi connectivity index (χ4n) is 4.77. The van der Waals surface area contributed by atoms with E-state index in [-0.39, 0.29) is 22.2 Å². The predicted molar refractivity (Wildman–Crippen MR) is 133 cm³/mol. The molecule has 1 aliphatic rings. The van der Waals surface area contributed by atoms with Crippen LogP contribution in [-0.4, -0.2) is 77.6 Å². The third-order valence-corrected chi connectivity index (χ3v) is 8.38. The minimum absolute atomic E-state index is 0.0235. The first kappa shape index (κ1) is 23.5. The number of fused-ring (bicyclic) bond motifs is 3. The molecule has 3 heterocycles. The van der Waals surface area contributed by atoms with Gasteiger partial charge in [-0.1, -0.05) is 17.7 Å². The van der Waals surface area contributed by atoms with Gasteiger partial charge < -0.3 is 10.0 Å². The van der Waals surface area contributed by atoms with Gasteiger partial charge in [-0.25, -0.2) is 18.1 Å². The highest BCUT2D eigenvalue weighted by Crippen LogP contribution is 2.27. The summed E-state index contributed by atoms with van der Waals surface area (Å²) in [5, 5.41) is 16.2. The number of aryl methyl sites for hydroxylation is 2. The van der Waals surface area contributed by atoms with Crippen LogP contribution in [0.15, 0.2) is 51.1 Å². The zero-order valence-corrected chi connectivity index (χ0v) is 20.5. The van der Waals surface area contributed by atoms with E-state index in [1.165, 1.54) is 4.52 Å². The molecule has 0 radical (unpaired) electrons. The molecule has 2 aromatic heterocycles. The Bertz CT molecular complexity index is 1580. The van der Waals surface area contributed by atoms with E-state index in [0.29, 0.717) is 23.0 Å². The van der Waals surface area contributed by atoms with E-state index in [1.54, 1.807) is 31.2 Å². The van der Waals surface area contributed by atoms with Gasteiger partial charge >= 0.3 is 0 Å². The van der Waals surface area contributed by atoms with Crippen LogP contribution in [0, 0.1) is 13.8 Å². The predicted octanol–water partition coefficient (Wildman–Crippen LogP) is 1.52. The van der Waals surface area contributed by atoms with E-state index >= 15 is 0 Å². The van der Waals surface area contributed by atoms with Crippen LogP contribution in [0.5, 0.6) is 0 Å². The van der Waals surface area contributed by atoms with Gasteiger partial charge in [0.2, 0.25) is 14.9 Å².